The minimum Gasteiger partial charge on any atom is -0.380 e. The number of rotatable bonds is 6. The van der Waals surface area contributed by atoms with Crippen LogP contribution in [0.25, 0.3) is 10.2 Å². The van der Waals surface area contributed by atoms with Crippen molar-refractivity contribution in [1.82, 2.24) is 14.3 Å². The molecule has 0 atom stereocenters. The predicted octanol–water partition coefficient (Wildman–Crippen LogP) is 3.01. The van der Waals surface area contributed by atoms with Crippen molar-refractivity contribution in [3.63, 3.8) is 0 Å². The number of aromatic nitrogens is 3. The van der Waals surface area contributed by atoms with Crippen LogP contribution in [0.15, 0.2) is 35.5 Å². The highest BCUT2D eigenvalue weighted by Crippen LogP contribution is 2.19. The van der Waals surface area contributed by atoms with E-state index < -0.39 is 0 Å². The summed E-state index contributed by atoms with van der Waals surface area (Å²) in [6, 6.07) is 7.97. The topological polar surface area (TPSA) is 61.4 Å². The zero-order chi connectivity index (χ0) is 17.8. The Morgan fingerprint density at radius 2 is 2.16 bits per heavy atom. The fraction of sp³-hybridized carbons (Fsp3) is 0.389. The van der Waals surface area contributed by atoms with Crippen molar-refractivity contribution < 1.29 is 9.53 Å². The van der Waals surface area contributed by atoms with Crippen molar-refractivity contribution in [1.29, 1.82) is 0 Å². The molecule has 7 heteroatoms. The smallest absolute Gasteiger partial charge is 0.300 e. The maximum absolute atomic E-state index is 12.5. The fourth-order valence-corrected chi connectivity index (χ4v) is 3.73. The second-order valence-corrected chi connectivity index (χ2v) is 6.69. The highest BCUT2D eigenvalue weighted by atomic mass is 32.1. The molecule has 0 spiro atoms. The number of carbonyl (C=O) groups excluding carboxylic acids is 1. The molecule has 1 aromatic carbocycles. The van der Waals surface area contributed by atoms with Crippen LogP contribution in [0.4, 0.5) is 0 Å². The SMILES string of the molecule is CCOCCn1c(=NC(=O)c2ccn(CC)n2)sc2cc(C)ccc21. The molecule has 6 nitrogen and oxygen atoms in total. The van der Waals surface area contributed by atoms with Crippen LogP contribution in [0.1, 0.15) is 29.9 Å². The molecule has 0 aliphatic carbocycles. The number of carbonyl (C=O) groups is 1. The number of thiazole rings is 1. The van der Waals surface area contributed by atoms with Crippen LogP contribution in [-0.4, -0.2) is 33.5 Å². The van der Waals surface area contributed by atoms with Crippen molar-refractivity contribution in [3.8, 4) is 0 Å². The molecule has 0 radical (unpaired) electrons. The van der Waals surface area contributed by atoms with E-state index >= 15 is 0 Å². The molecule has 0 aliphatic rings. The van der Waals surface area contributed by atoms with Gasteiger partial charge in [0.25, 0.3) is 5.91 Å². The van der Waals surface area contributed by atoms with Gasteiger partial charge < -0.3 is 9.30 Å². The van der Waals surface area contributed by atoms with E-state index in [1.807, 2.05) is 18.4 Å². The minimum absolute atomic E-state index is 0.319. The third-order valence-electron chi connectivity index (χ3n) is 3.88. The van der Waals surface area contributed by atoms with Gasteiger partial charge in [-0.05, 0) is 44.5 Å². The highest BCUT2D eigenvalue weighted by Gasteiger charge is 2.11. The van der Waals surface area contributed by atoms with Crippen LogP contribution in [-0.2, 0) is 17.8 Å². The number of hydrogen-bond acceptors (Lipinski definition) is 4. The molecule has 0 saturated carbocycles. The zero-order valence-electron chi connectivity index (χ0n) is 14.7. The van der Waals surface area contributed by atoms with E-state index in [4.69, 9.17) is 4.74 Å². The second-order valence-electron chi connectivity index (χ2n) is 5.68. The first-order valence-electron chi connectivity index (χ1n) is 8.42. The third kappa shape index (κ3) is 3.88. The lowest BCUT2D eigenvalue weighted by molar-refractivity contribution is 0.0991. The van der Waals surface area contributed by atoms with Crippen LogP contribution in [0.5, 0.6) is 0 Å². The molecule has 0 saturated heterocycles. The number of aryl methyl sites for hydroxylation is 2. The Labute approximate surface area is 150 Å². The van der Waals surface area contributed by atoms with Gasteiger partial charge in [0.1, 0.15) is 0 Å². The van der Waals surface area contributed by atoms with E-state index in [0.717, 1.165) is 16.8 Å². The zero-order valence-corrected chi connectivity index (χ0v) is 15.5. The van der Waals surface area contributed by atoms with E-state index in [0.29, 0.717) is 30.3 Å². The van der Waals surface area contributed by atoms with E-state index in [1.54, 1.807) is 16.9 Å². The van der Waals surface area contributed by atoms with Gasteiger partial charge in [0, 0.05) is 25.9 Å². The molecule has 0 unspecified atom stereocenters. The molecule has 0 fully saturated rings. The molecule has 132 valence electrons. The molecule has 3 rings (SSSR count). The van der Waals surface area contributed by atoms with Crippen molar-refractivity contribution in [2.75, 3.05) is 13.2 Å². The molecule has 1 amide bonds. The Bertz CT molecular complexity index is 952. The quantitative estimate of drug-likeness (QED) is 0.637. The average Bonchev–Trinajstić information content (AvgIpc) is 3.20. The maximum atomic E-state index is 12.5. The fourth-order valence-electron chi connectivity index (χ4n) is 2.58. The number of fused-ring (bicyclic) bond motifs is 1. The van der Waals surface area contributed by atoms with Crippen LogP contribution in [0.3, 0.4) is 0 Å². The van der Waals surface area contributed by atoms with Crippen molar-refractivity contribution in [2.45, 2.75) is 33.9 Å². The van der Waals surface area contributed by atoms with Gasteiger partial charge in [0.15, 0.2) is 10.5 Å². The second kappa shape index (κ2) is 7.76. The van der Waals surface area contributed by atoms with E-state index in [1.165, 1.54) is 16.9 Å². The summed E-state index contributed by atoms with van der Waals surface area (Å²) >= 11 is 1.52. The summed E-state index contributed by atoms with van der Waals surface area (Å²) in [6.07, 6.45) is 1.79. The number of amides is 1. The highest BCUT2D eigenvalue weighted by molar-refractivity contribution is 7.16. The van der Waals surface area contributed by atoms with Crippen molar-refractivity contribution >= 4 is 27.5 Å². The summed E-state index contributed by atoms with van der Waals surface area (Å²) in [5.74, 6) is -0.319. The maximum Gasteiger partial charge on any atom is 0.300 e. The molecular formula is C18H22N4O2S. The molecule has 0 N–H and O–H groups in total. The first-order chi connectivity index (χ1) is 12.1. The van der Waals surface area contributed by atoms with Crippen LogP contribution >= 0.6 is 11.3 Å². The Morgan fingerprint density at radius 3 is 2.88 bits per heavy atom. The number of hydrogen-bond donors (Lipinski definition) is 0. The van der Waals surface area contributed by atoms with E-state index in [9.17, 15) is 4.79 Å². The summed E-state index contributed by atoms with van der Waals surface area (Å²) in [7, 11) is 0. The summed E-state index contributed by atoms with van der Waals surface area (Å²) in [5, 5.41) is 4.24. The summed E-state index contributed by atoms with van der Waals surface area (Å²) in [6.45, 7) is 8.65. The normalized spacial score (nSPS) is 12.2. The van der Waals surface area contributed by atoms with Gasteiger partial charge in [-0.3, -0.25) is 9.48 Å². The number of ether oxygens (including phenoxy) is 1. The Kier molecular flexibility index (Phi) is 5.45. The lowest BCUT2D eigenvalue weighted by atomic mass is 10.2. The molecule has 3 aromatic rings. The van der Waals surface area contributed by atoms with Gasteiger partial charge in [0.05, 0.1) is 16.8 Å². The molecule has 2 aromatic heterocycles. The van der Waals surface area contributed by atoms with Crippen molar-refractivity contribution in [2.24, 2.45) is 4.99 Å². The lowest BCUT2D eigenvalue weighted by Gasteiger charge is -2.05. The predicted molar refractivity (Wildman–Crippen MR) is 98.8 cm³/mol. The van der Waals surface area contributed by atoms with Gasteiger partial charge in [-0.15, -0.1) is 0 Å². The summed E-state index contributed by atoms with van der Waals surface area (Å²) in [4.78, 5) is 17.5. The van der Waals surface area contributed by atoms with E-state index in [-0.39, 0.29) is 5.91 Å². The Balaban J connectivity index is 2.03. The van der Waals surface area contributed by atoms with Crippen molar-refractivity contribution in [3.05, 3.63) is 46.5 Å². The van der Waals surface area contributed by atoms with Gasteiger partial charge in [0.2, 0.25) is 0 Å². The molecule has 2 heterocycles. The first kappa shape index (κ1) is 17.6. The third-order valence-corrected chi connectivity index (χ3v) is 4.92. The van der Waals surface area contributed by atoms with Crippen LogP contribution in [0, 0.1) is 6.92 Å². The number of benzene rings is 1. The standard InChI is InChI=1S/C18H22N4O2S/c1-4-21-9-8-14(20-21)17(23)19-18-22(10-11-24-5-2)15-7-6-13(3)12-16(15)25-18/h6-9,12H,4-5,10-11H2,1-3H3. The van der Waals surface area contributed by atoms with Gasteiger partial charge >= 0.3 is 0 Å². The van der Waals surface area contributed by atoms with Crippen LogP contribution in [0.2, 0.25) is 0 Å². The summed E-state index contributed by atoms with van der Waals surface area (Å²) in [5.41, 5.74) is 2.62. The minimum atomic E-state index is -0.319. The van der Waals surface area contributed by atoms with Gasteiger partial charge in [-0.1, -0.05) is 17.4 Å². The van der Waals surface area contributed by atoms with Gasteiger partial charge in [-0.2, -0.15) is 10.1 Å². The summed E-state index contributed by atoms with van der Waals surface area (Å²) < 4.78 is 10.4. The largest absolute Gasteiger partial charge is 0.380 e. The Morgan fingerprint density at radius 1 is 1.32 bits per heavy atom. The van der Waals surface area contributed by atoms with E-state index in [2.05, 4.69) is 35.2 Å². The molecule has 0 aliphatic heterocycles. The first-order valence-corrected chi connectivity index (χ1v) is 9.24. The lowest BCUT2D eigenvalue weighted by Crippen LogP contribution is -2.20. The average molecular weight is 358 g/mol. The van der Waals surface area contributed by atoms with Gasteiger partial charge in [-0.25, -0.2) is 0 Å². The molecule has 25 heavy (non-hydrogen) atoms. The molecular weight excluding hydrogens is 336 g/mol. The number of nitrogens with zero attached hydrogens (tertiary/aromatic N) is 4. The molecule has 0 bridgehead atoms. The monoisotopic (exact) mass is 358 g/mol. The Hall–Kier alpha value is -2.25. The van der Waals surface area contributed by atoms with Crippen LogP contribution < -0.4 is 4.80 Å².